The number of nitrogens with zero attached hydrogens (tertiary/aromatic N) is 1. The molecule has 0 unspecified atom stereocenters. The average molecular weight is 519 g/mol. The lowest BCUT2D eigenvalue weighted by Crippen LogP contribution is -2.44. The lowest BCUT2D eigenvalue weighted by molar-refractivity contribution is -0.891. The van der Waals surface area contributed by atoms with Crippen molar-refractivity contribution in [2.24, 2.45) is 0 Å². The normalized spacial score (nSPS) is 11.3. The Morgan fingerprint density at radius 3 is 2.26 bits per heavy atom. The number of quaternary nitrogens is 1. The third-order valence-corrected chi connectivity index (χ3v) is 4.91. The van der Waals surface area contributed by atoms with E-state index in [0.717, 1.165) is 42.3 Å². The van der Waals surface area contributed by atoms with Gasteiger partial charge in [-0.25, -0.2) is 13.2 Å². The molecule has 0 saturated heterocycles. The first-order valence-corrected chi connectivity index (χ1v) is 13.6. The molecular weight excluding hydrogens is 476 g/mol. The van der Waals surface area contributed by atoms with E-state index < -0.39 is 16.2 Å². The van der Waals surface area contributed by atoms with E-state index in [9.17, 15) is 9.59 Å². The third-order valence-electron chi connectivity index (χ3n) is 4.91. The van der Waals surface area contributed by atoms with E-state index in [1.165, 1.54) is 0 Å². The van der Waals surface area contributed by atoms with Gasteiger partial charge in [0.15, 0.2) is 0 Å². The number of aliphatic hydroxyl groups excluding tert-OH is 1. The number of amides is 1. The zero-order valence-corrected chi connectivity index (χ0v) is 22.1. The van der Waals surface area contributed by atoms with Gasteiger partial charge in [-0.05, 0) is 24.8 Å². The molecular formula is C24H42N2O8S. The fourth-order valence-corrected chi connectivity index (χ4v) is 2.88. The first-order valence-electron chi connectivity index (χ1n) is 11.8. The van der Waals surface area contributed by atoms with Crippen LogP contribution in [0.3, 0.4) is 0 Å². The van der Waals surface area contributed by atoms with Crippen molar-refractivity contribution in [3.63, 3.8) is 0 Å². The molecule has 1 amide bonds. The van der Waals surface area contributed by atoms with Gasteiger partial charge in [0.25, 0.3) is 0 Å². The minimum Gasteiger partial charge on any atom is -0.748 e. The molecule has 0 saturated carbocycles. The van der Waals surface area contributed by atoms with Gasteiger partial charge in [0, 0.05) is 32.2 Å². The molecule has 2 N–H and O–H groups in total. The van der Waals surface area contributed by atoms with Crippen LogP contribution in [0, 0.1) is 0 Å². The summed E-state index contributed by atoms with van der Waals surface area (Å²) in [5.74, 6) is 0.269. The molecule has 10 nitrogen and oxygen atoms in total. The highest BCUT2D eigenvalue weighted by atomic mass is 32.2. The van der Waals surface area contributed by atoms with Crippen molar-refractivity contribution in [3.8, 4) is 0 Å². The van der Waals surface area contributed by atoms with Crippen LogP contribution >= 0.6 is 0 Å². The van der Waals surface area contributed by atoms with Crippen LogP contribution < -0.4 is 5.32 Å². The summed E-state index contributed by atoms with van der Waals surface area (Å²) >= 11 is 0. The molecule has 0 radical (unpaired) electrons. The number of carbonyl (C=O) groups is 2. The fourth-order valence-electron chi connectivity index (χ4n) is 2.88. The summed E-state index contributed by atoms with van der Waals surface area (Å²) in [6.45, 7) is 3.80. The minimum atomic E-state index is -3.92. The van der Waals surface area contributed by atoms with Crippen molar-refractivity contribution in [1.82, 2.24) is 5.32 Å². The van der Waals surface area contributed by atoms with Crippen LogP contribution in [0.5, 0.6) is 0 Å². The summed E-state index contributed by atoms with van der Waals surface area (Å²) in [4.78, 5) is 23.5. The molecule has 202 valence electrons. The van der Waals surface area contributed by atoms with E-state index in [4.69, 9.17) is 27.6 Å². The molecule has 35 heavy (non-hydrogen) atoms. The molecule has 1 rings (SSSR count). The number of ketones is 1. The summed E-state index contributed by atoms with van der Waals surface area (Å²) in [5.41, 5.74) is 0.960. The average Bonchev–Trinajstić information content (AvgIpc) is 2.76. The molecule has 0 aliphatic rings. The number of likely N-dealkylation sites (N-methyl/N-ethyl adjacent to an activating group) is 1. The van der Waals surface area contributed by atoms with Gasteiger partial charge in [-0.1, -0.05) is 36.8 Å². The quantitative estimate of drug-likeness (QED) is 0.181. The maximum Gasteiger partial charge on any atom is 0.407 e. The molecule has 0 atom stereocenters. The summed E-state index contributed by atoms with van der Waals surface area (Å²) in [6.07, 6.45) is 4.66. The molecule has 0 aliphatic heterocycles. The Kier molecular flexibility index (Phi) is 18.1. The molecule has 1 aromatic rings. The number of rotatable bonds is 17. The Balaban J connectivity index is 0.00000209. The first kappa shape index (κ1) is 33.0. The Hall–Kier alpha value is -2.05. The second kappa shape index (κ2) is 19.2. The highest BCUT2D eigenvalue weighted by Crippen LogP contribution is 2.05. The highest BCUT2D eigenvalue weighted by molar-refractivity contribution is 7.84. The molecule has 0 heterocycles. The van der Waals surface area contributed by atoms with Gasteiger partial charge in [0.1, 0.15) is 25.5 Å². The number of ether oxygens (including phenoxy) is 2. The van der Waals surface area contributed by atoms with Gasteiger partial charge >= 0.3 is 6.09 Å². The van der Waals surface area contributed by atoms with Crippen LogP contribution in [0.15, 0.2) is 30.3 Å². The smallest absolute Gasteiger partial charge is 0.407 e. The maximum atomic E-state index is 11.9. The van der Waals surface area contributed by atoms with Crippen molar-refractivity contribution in [2.45, 2.75) is 45.1 Å². The van der Waals surface area contributed by atoms with Crippen LogP contribution in [-0.4, -0.2) is 94.2 Å². The number of nitrogens with one attached hydrogen (secondary N) is 1. The van der Waals surface area contributed by atoms with Crippen molar-refractivity contribution in [2.75, 3.05) is 59.8 Å². The van der Waals surface area contributed by atoms with Crippen molar-refractivity contribution in [3.05, 3.63) is 35.9 Å². The molecule has 11 heteroatoms. The van der Waals surface area contributed by atoms with Gasteiger partial charge in [-0.3, -0.25) is 4.79 Å². The topological polar surface area (TPSA) is 142 Å². The monoisotopic (exact) mass is 518 g/mol. The predicted octanol–water partition coefficient (Wildman–Crippen LogP) is 2.07. The van der Waals surface area contributed by atoms with Crippen molar-refractivity contribution >= 4 is 22.0 Å². The van der Waals surface area contributed by atoms with Gasteiger partial charge in [-0.15, -0.1) is 0 Å². The zero-order valence-electron chi connectivity index (χ0n) is 21.2. The number of carbonyl (C=O) groups excluding carboxylic acids is 2. The van der Waals surface area contributed by atoms with Gasteiger partial charge in [0.2, 0.25) is 0 Å². The highest BCUT2D eigenvalue weighted by Gasteiger charge is 2.13. The van der Waals surface area contributed by atoms with Crippen molar-refractivity contribution in [1.29, 1.82) is 0 Å². The standard InChI is InChI=1S/C23H38N2O5.CH4O3S/c1-25(2,15-17-26)16-19-29-18-9-13-22(27)12-7-4-8-14-24-23(28)30-20-21-10-5-3-6-11-21;1-5(2,3)4/h3,5-6,10-11,26H,4,7-9,12-20H2,1-2H3;1H3,(H,2,3,4). The van der Waals surface area contributed by atoms with E-state index in [0.29, 0.717) is 45.4 Å². The largest absolute Gasteiger partial charge is 0.748 e. The summed E-state index contributed by atoms with van der Waals surface area (Å²) in [7, 11) is 0.207. The van der Waals surface area contributed by atoms with Crippen LogP contribution in [0.4, 0.5) is 4.79 Å². The first-order chi connectivity index (χ1) is 16.4. The molecule has 0 spiro atoms. The van der Waals surface area contributed by atoms with E-state index in [1.807, 2.05) is 30.3 Å². The second-order valence-corrected chi connectivity index (χ2v) is 10.3. The van der Waals surface area contributed by atoms with E-state index >= 15 is 0 Å². The summed E-state index contributed by atoms with van der Waals surface area (Å²) < 4.78 is 38.7. The Morgan fingerprint density at radius 2 is 1.63 bits per heavy atom. The summed E-state index contributed by atoms with van der Waals surface area (Å²) in [6, 6.07) is 9.56. The molecule has 1 aromatic carbocycles. The molecule has 0 aliphatic carbocycles. The maximum absolute atomic E-state index is 11.9. The Bertz CT molecular complexity index is 793. The lowest BCUT2D eigenvalue weighted by Gasteiger charge is -2.28. The van der Waals surface area contributed by atoms with Crippen molar-refractivity contribution < 1.29 is 41.6 Å². The van der Waals surface area contributed by atoms with Gasteiger partial charge in [-0.2, -0.15) is 0 Å². The second-order valence-electron chi connectivity index (χ2n) is 8.86. The molecule has 0 aromatic heterocycles. The van der Waals surface area contributed by atoms with Crippen LogP contribution in [0.25, 0.3) is 0 Å². The lowest BCUT2D eigenvalue weighted by atomic mass is 10.1. The number of unbranched alkanes of at least 4 members (excludes halogenated alkanes) is 2. The number of benzene rings is 1. The Morgan fingerprint density at radius 1 is 1.00 bits per heavy atom. The van der Waals surface area contributed by atoms with E-state index in [2.05, 4.69) is 19.4 Å². The van der Waals surface area contributed by atoms with Crippen LogP contribution in [0.2, 0.25) is 0 Å². The predicted molar refractivity (Wildman–Crippen MR) is 133 cm³/mol. The fraction of sp³-hybridized carbons (Fsp3) is 0.667. The summed E-state index contributed by atoms with van der Waals surface area (Å²) in [5, 5.41) is 11.7. The van der Waals surface area contributed by atoms with E-state index in [1.54, 1.807) is 0 Å². The molecule has 0 fully saturated rings. The number of hydrogen-bond donors (Lipinski definition) is 2. The van der Waals surface area contributed by atoms with E-state index in [-0.39, 0.29) is 19.0 Å². The van der Waals surface area contributed by atoms with Crippen LogP contribution in [0.1, 0.15) is 44.1 Å². The van der Waals surface area contributed by atoms with Gasteiger partial charge < -0.3 is 28.9 Å². The number of Topliss-reactive ketones (excluding diaryl/α,β-unsaturated/α-hetero) is 1. The minimum absolute atomic E-state index is 0.176. The Labute approximate surface area is 209 Å². The molecule has 0 bridgehead atoms. The number of alkyl carbamates (subject to hydrolysis) is 1. The zero-order chi connectivity index (χ0) is 26.6. The van der Waals surface area contributed by atoms with Gasteiger partial charge in [0.05, 0.1) is 37.4 Å². The SMILES string of the molecule is CS(=O)(=O)[O-].C[N+](C)(CCO)CCOCCCC(=O)CCCCCNC(=O)OCc1ccccc1. The number of hydrogen-bond acceptors (Lipinski definition) is 8. The van der Waals surface area contributed by atoms with Crippen LogP contribution in [-0.2, 0) is 31.0 Å². The third kappa shape index (κ3) is 24.9. The number of aliphatic hydroxyl groups is 1.